The Morgan fingerprint density at radius 2 is 2.19 bits per heavy atom. The second-order valence-electron chi connectivity index (χ2n) is 4.08. The van der Waals surface area contributed by atoms with Gasteiger partial charge in [0.05, 0.1) is 5.75 Å². The van der Waals surface area contributed by atoms with Crippen LogP contribution in [0, 0.1) is 0 Å². The number of hydrogen-bond donors (Lipinski definition) is 3. The highest BCUT2D eigenvalue weighted by molar-refractivity contribution is 9.10. The number of carbonyl (C=O) groups is 3. The van der Waals surface area contributed by atoms with Gasteiger partial charge in [0.1, 0.15) is 6.04 Å². The number of amides is 2. The lowest BCUT2D eigenvalue weighted by Crippen LogP contribution is -2.36. The van der Waals surface area contributed by atoms with E-state index in [2.05, 4.69) is 26.6 Å². The minimum Gasteiger partial charge on any atom is -0.480 e. The fourth-order valence-electron chi connectivity index (χ4n) is 1.49. The SMILES string of the molecule is O=CNC(CCSCC(=O)Nc1cccc(Br)c1)C(=O)O. The van der Waals surface area contributed by atoms with Gasteiger partial charge in [0.25, 0.3) is 0 Å². The van der Waals surface area contributed by atoms with Crippen LogP contribution in [0.2, 0.25) is 0 Å². The van der Waals surface area contributed by atoms with Crippen molar-refractivity contribution in [3.8, 4) is 0 Å². The van der Waals surface area contributed by atoms with Crippen molar-refractivity contribution in [1.29, 1.82) is 0 Å². The van der Waals surface area contributed by atoms with E-state index in [0.29, 0.717) is 17.9 Å². The van der Waals surface area contributed by atoms with E-state index in [1.165, 1.54) is 11.8 Å². The number of aliphatic carboxylic acids is 1. The Kier molecular flexibility index (Phi) is 7.84. The van der Waals surface area contributed by atoms with E-state index in [4.69, 9.17) is 5.11 Å². The molecule has 0 saturated carbocycles. The number of carbonyl (C=O) groups excluding carboxylic acids is 2. The van der Waals surface area contributed by atoms with Crippen molar-refractivity contribution < 1.29 is 19.5 Å². The molecular formula is C13H15BrN2O4S. The van der Waals surface area contributed by atoms with Crippen LogP contribution in [0.25, 0.3) is 0 Å². The molecule has 0 aliphatic rings. The van der Waals surface area contributed by atoms with Crippen molar-refractivity contribution in [2.45, 2.75) is 12.5 Å². The van der Waals surface area contributed by atoms with Crippen LogP contribution in [0.3, 0.4) is 0 Å². The van der Waals surface area contributed by atoms with E-state index < -0.39 is 12.0 Å². The van der Waals surface area contributed by atoms with Crippen LogP contribution in [0.4, 0.5) is 5.69 Å². The summed E-state index contributed by atoms with van der Waals surface area (Å²) in [4.78, 5) is 32.7. The smallest absolute Gasteiger partial charge is 0.326 e. The minimum absolute atomic E-state index is 0.159. The number of thioether (sulfide) groups is 1. The first kappa shape index (κ1) is 17.5. The van der Waals surface area contributed by atoms with E-state index in [1.54, 1.807) is 12.1 Å². The Morgan fingerprint density at radius 3 is 2.81 bits per heavy atom. The Labute approximate surface area is 134 Å². The van der Waals surface area contributed by atoms with Gasteiger partial charge in [-0.25, -0.2) is 4.79 Å². The number of nitrogens with one attached hydrogen (secondary N) is 2. The first-order valence-corrected chi connectivity index (χ1v) is 8.03. The molecule has 0 fully saturated rings. The summed E-state index contributed by atoms with van der Waals surface area (Å²) in [6.45, 7) is 0. The van der Waals surface area contributed by atoms with E-state index in [-0.39, 0.29) is 18.1 Å². The summed E-state index contributed by atoms with van der Waals surface area (Å²) in [5.41, 5.74) is 0.695. The normalized spacial score (nSPS) is 11.5. The molecule has 8 heteroatoms. The number of carboxylic acids is 1. The summed E-state index contributed by atoms with van der Waals surface area (Å²) in [7, 11) is 0. The maximum absolute atomic E-state index is 11.7. The van der Waals surface area contributed by atoms with Gasteiger partial charge >= 0.3 is 5.97 Å². The summed E-state index contributed by atoms with van der Waals surface area (Å²) in [6.07, 6.45) is 0.631. The van der Waals surface area contributed by atoms with Crippen LogP contribution in [0.5, 0.6) is 0 Å². The van der Waals surface area contributed by atoms with Crippen LogP contribution >= 0.6 is 27.7 Å². The minimum atomic E-state index is -1.08. The van der Waals surface area contributed by atoms with Gasteiger partial charge in [-0.05, 0) is 30.4 Å². The van der Waals surface area contributed by atoms with Crippen LogP contribution in [0.15, 0.2) is 28.7 Å². The summed E-state index contributed by atoms with van der Waals surface area (Å²) < 4.78 is 0.872. The molecule has 0 spiro atoms. The number of benzene rings is 1. The quantitative estimate of drug-likeness (QED) is 0.451. The van der Waals surface area contributed by atoms with Gasteiger partial charge in [-0.15, -0.1) is 0 Å². The molecule has 1 atom stereocenters. The topological polar surface area (TPSA) is 95.5 Å². The van der Waals surface area contributed by atoms with Gasteiger partial charge in [0, 0.05) is 10.2 Å². The maximum atomic E-state index is 11.7. The standard InChI is InChI=1S/C13H15BrN2O4S/c14-9-2-1-3-10(6-9)16-12(18)7-21-5-4-11(13(19)20)15-8-17/h1-3,6,8,11H,4-5,7H2,(H,15,17)(H,16,18)(H,19,20). The lowest BCUT2D eigenvalue weighted by Gasteiger charge is -2.10. The molecule has 0 aliphatic heterocycles. The van der Waals surface area contributed by atoms with Gasteiger partial charge in [0.15, 0.2) is 0 Å². The molecule has 1 aromatic rings. The third-order valence-corrected chi connectivity index (χ3v) is 3.94. The van der Waals surface area contributed by atoms with E-state index in [1.807, 2.05) is 12.1 Å². The highest BCUT2D eigenvalue weighted by Crippen LogP contribution is 2.16. The molecule has 114 valence electrons. The molecule has 3 N–H and O–H groups in total. The molecule has 1 aromatic carbocycles. The molecule has 0 saturated heterocycles. The lowest BCUT2D eigenvalue weighted by atomic mass is 10.2. The third-order valence-electron chi connectivity index (χ3n) is 2.46. The highest BCUT2D eigenvalue weighted by atomic mass is 79.9. The van der Waals surface area contributed by atoms with Crippen LogP contribution in [-0.2, 0) is 14.4 Å². The van der Waals surface area contributed by atoms with Gasteiger partial charge in [-0.1, -0.05) is 22.0 Å². The number of hydrogen-bond acceptors (Lipinski definition) is 4. The van der Waals surface area contributed by atoms with E-state index >= 15 is 0 Å². The largest absolute Gasteiger partial charge is 0.480 e. The Morgan fingerprint density at radius 1 is 1.43 bits per heavy atom. The molecule has 6 nitrogen and oxygen atoms in total. The van der Waals surface area contributed by atoms with Crippen LogP contribution < -0.4 is 10.6 Å². The predicted molar refractivity (Wildman–Crippen MR) is 85.3 cm³/mol. The summed E-state index contributed by atoms with van der Waals surface area (Å²) >= 11 is 4.63. The number of rotatable bonds is 9. The first-order chi connectivity index (χ1) is 10.0. The molecule has 0 radical (unpaired) electrons. The van der Waals surface area contributed by atoms with E-state index in [0.717, 1.165) is 4.47 Å². The summed E-state index contributed by atoms with van der Waals surface area (Å²) in [6, 6.07) is 6.33. The van der Waals surface area contributed by atoms with Crippen molar-refractivity contribution in [2.24, 2.45) is 0 Å². The maximum Gasteiger partial charge on any atom is 0.326 e. The second kappa shape index (κ2) is 9.41. The summed E-state index contributed by atoms with van der Waals surface area (Å²) in [5, 5.41) is 13.8. The van der Waals surface area contributed by atoms with Crippen molar-refractivity contribution in [2.75, 3.05) is 16.8 Å². The van der Waals surface area contributed by atoms with E-state index in [9.17, 15) is 14.4 Å². The predicted octanol–water partition coefficient (Wildman–Crippen LogP) is 1.71. The Bertz CT molecular complexity index is 513. The first-order valence-electron chi connectivity index (χ1n) is 6.08. The summed E-state index contributed by atoms with van der Waals surface area (Å²) in [5.74, 6) is -0.557. The van der Waals surface area contributed by atoms with Crippen molar-refractivity contribution in [3.63, 3.8) is 0 Å². The second-order valence-corrected chi connectivity index (χ2v) is 6.10. The molecule has 0 aromatic heterocycles. The number of carboxylic acid groups (broad SMARTS) is 1. The lowest BCUT2D eigenvalue weighted by molar-refractivity contribution is -0.140. The number of anilines is 1. The van der Waals surface area contributed by atoms with Crippen molar-refractivity contribution in [3.05, 3.63) is 28.7 Å². The van der Waals surface area contributed by atoms with Gasteiger partial charge < -0.3 is 15.7 Å². The zero-order valence-electron chi connectivity index (χ0n) is 11.0. The molecule has 2 amide bonds. The average Bonchev–Trinajstić information content (AvgIpc) is 2.42. The van der Waals surface area contributed by atoms with Gasteiger partial charge in [-0.3, -0.25) is 9.59 Å². The van der Waals surface area contributed by atoms with Gasteiger partial charge in [-0.2, -0.15) is 11.8 Å². The average molecular weight is 375 g/mol. The molecular weight excluding hydrogens is 360 g/mol. The zero-order chi connectivity index (χ0) is 15.7. The Balaban J connectivity index is 2.27. The van der Waals surface area contributed by atoms with Gasteiger partial charge in [0.2, 0.25) is 12.3 Å². The molecule has 21 heavy (non-hydrogen) atoms. The molecule has 0 heterocycles. The molecule has 0 bridgehead atoms. The molecule has 1 rings (SSSR count). The third kappa shape index (κ3) is 7.14. The molecule has 0 aliphatic carbocycles. The van der Waals surface area contributed by atoms with Crippen molar-refractivity contribution in [1.82, 2.24) is 5.32 Å². The van der Waals surface area contributed by atoms with Crippen LogP contribution in [-0.4, -0.2) is 40.9 Å². The van der Waals surface area contributed by atoms with Crippen molar-refractivity contribution >= 4 is 51.7 Å². The monoisotopic (exact) mass is 374 g/mol. The fraction of sp³-hybridized carbons (Fsp3) is 0.308. The zero-order valence-corrected chi connectivity index (χ0v) is 13.4. The Hall–Kier alpha value is -1.54. The van der Waals surface area contributed by atoms with Crippen LogP contribution in [0.1, 0.15) is 6.42 Å². The fourth-order valence-corrected chi connectivity index (χ4v) is 2.69. The molecule has 1 unspecified atom stereocenters. The number of halogens is 1. The highest BCUT2D eigenvalue weighted by Gasteiger charge is 2.15.